The first-order valence-electron chi connectivity index (χ1n) is 7.28. The van der Waals surface area contributed by atoms with Crippen LogP contribution in [-0.2, 0) is 11.2 Å². The van der Waals surface area contributed by atoms with Crippen LogP contribution < -0.4 is 9.47 Å². The highest BCUT2D eigenvalue weighted by Gasteiger charge is 2.17. The van der Waals surface area contributed by atoms with E-state index in [9.17, 15) is 0 Å². The molecule has 1 atom stereocenters. The van der Waals surface area contributed by atoms with Crippen molar-refractivity contribution < 1.29 is 14.2 Å². The molecule has 0 amide bonds. The molecule has 0 bridgehead atoms. The van der Waals surface area contributed by atoms with Crippen LogP contribution in [0.15, 0.2) is 12.1 Å². The average molecular weight is 274 g/mol. The molecule has 1 fully saturated rings. The summed E-state index contributed by atoms with van der Waals surface area (Å²) in [5.41, 5.74) is 1.95. The summed E-state index contributed by atoms with van der Waals surface area (Å²) in [6, 6.07) is 3.93. The van der Waals surface area contributed by atoms with Gasteiger partial charge in [0, 0.05) is 25.2 Å². The molecule has 1 N–H and O–H groups in total. The first kappa shape index (κ1) is 12.0. The molecule has 20 heavy (non-hydrogen) atoms. The van der Waals surface area contributed by atoms with Crippen LogP contribution in [0.5, 0.6) is 11.5 Å². The van der Waals surface area contributed by atoms with E-state index in [1.165, 1.54) is 12.8 Å². The SMILES string of the molecule is c1c2c(cc3[nH]c(CCC4CCCO4)nc13)OCCO2. The number of imidazole rings is 1. The minimum absolute atomic E-state index is 0.406. The zero-order valence-electron chi connectivity index (χ0n) is 11.4. The highest BCUT2D eigenvalue weighted by atomic mass is 16.6. The number of benzene rings is 1. The highest BCUT2D eigenvalue weighted by Crippen LogP contribution is 2.33. The Bertz CT molecular complexity index is 574. The van der Waals surface area contributed by atoms with Gasteiger partial charge in [-0.05, 0) is 19.3 Å². The number of ether oxygens (including phenoxy) is 3. The normalized spacial score (nSPS) is 21.5. The Kier molecular flexibility index (Phi) is 2.99. The van der Waals surface area contributed by atoms with Crippen LogP contribution in [0.1, 0.15) is 25.1 Å². The van der Waals surface area contributed by atoms with E-state index in [4.69, 9.17) is 14.2 Å². The van der Waals surface area contributed by atoms with E-state index in [-0.39, 0.29) is 0 Å². The third kappa shape index (κ3) is 2.22. The van der Waals surface area contributed by atoms with E-state index >= 15 is 0 Å². The van der Waals surface area contributed by atoms with Gasteiger partial charge in [-0.15, -0.1) is 0 Å². The molecule has 1 aromatic heterocycles. The lowest BCUT2D eigenvalue weighted by atomic mass is 10.1. The van der Waals surface area contributed by atoms with E-state index < -0.39 is 0 Å². The van der Waals surface area contributed by atoms with Crippen LogP contribution >= 0.6 is 0 Å². The number of aromatic amines is 1. The van der Waals surface area contributed by atoms with Crippen LogP contribution in [0.3, 0.4) is 0 Å². The Balaban J connectivity index is 1.55. The maximum Gasteiger partial charge on any atom is 0.163 e. The Morgan fingerprint density at radius 3 is 2.80 bits per heavy atom. The highest BCUT2D eigenvalue weighted by molar-refractivity contribution is 5.79. The number of nitrogens with one attached hydrogen (secondary N) is 1. The topological polar surface area (TPSA) is 56.4 Å². The van der Waals surface area contributed by atoms with Crippen molar-refractivity contribution in [2.75, 3.05) is 19.8 Å². The van der Waals surface area contributed by atoms with E-state index in [0.29, 0.717) is 19.3 Å². The molecule has 5 heteroatoms. The summed E-state index contributed by atoms with van der Waals surface area (Å²) in [6.45, 7) is 2.12. The van der Waals surface area contributed by atoms with Gasteiger partial charge in [0.15, 0.2) is 11.5 Å². The Labute approximate surface area is 117 Å². The van der Waals surface area contributed by atoms with Gasteiger partial charge < -0.3 is 19.2 Å². The fourth-order valence-corrected chi connectivity index (χ4v) is 2.89. The summed E-state index contributed by atoms with van der Waals surface area (Å²) in [4.78, 5) is 8.00. The Morgan fingerprint density at radius 1 is 1.15 bits per heavy atom. The third-order valence-corrected chi connectivity index (χ3v) is 3.92. The number of aryl methyl sites for hydroxylation is 1. The Morgan fingerprint density at radius 2 is 2.00 bits per heavy atom. The molecule has 0 spiro atoms. The summed E-state index contributed by atoms with van der Waals surface area (Å²) in [6.07, 6.45) is 4.73. The molecule has 1 unspecified atom stereocenters. The van der Waals surface area contributed by atoms with Gasteiger partial charge >= 0.3 is 0 Å². The number of rotatable bonds is 3. The molecule has 0 radical (unpaired) electrons. The van der Waals surface area contributed by atoms with Crippen LogP contribution in [0.25, 0.3) is 11.0 Å². The van der Waals surface area contributed by atoms with Crippen molar-refractivity contribution in [3.63, 3.8) is 0 Å². The molecular formula is C15H18N2O3. The third-order valence-electron chi connectivity index (χ3n) is 3.92. The minimum atomic E-state index is 0.406. The van der Waals surface area contributed by atoms with E-state index in [2.05, 4.69) is 9.97 Å². The fourth-order valence-electron chi connectivity index (χ4n) is 2.89. The maximum atomic E-state index is 5.65. The molecule has 1 aromatic carbocycles. The van der Waals surface area contributed by atoms with Crippen molar-refractivity contribution in [1.82, 2.24) is 9.97 Å². The molecule has 0 saturated carbocycles. The number of hydrogen-bond donors (Lipinski definition) is 1. The van der Waals surface area contributed by atoms with Crippen LogP contribution in [0.2, 0.25) is 0 Å². The molecule has 5 nitrogen and oxygen atoms in total. The van der Waals surface area contributed by atoms with E-state index in [0.717, 1.165) is 47.8 Å². The van der Waals surface area contributed by atoms with Gasteiger partial charge in [-0.3, -0.25) is 0 Å². The fraction of sp³-hybridized carbons (Fsp3) is 0.533. The van der Waals surface area contributed by atoms with Gasteiger partial charge in [0.2, 0.25) is 0 Å². The van der Waals surface area contributed by atoms with Crippen LogP contribution in [0, 0.1) is 0 Å². The smallest absolute Gasteiger partial charge is 0.163 e. The molecule has 2 aliphatic heterocycles. The van der Waals surface area contributed by atoms with Crippen molar-refractivity contribution in [2.45, 2.75) is 31.8 Å². The molecule has 2 aromatic rings. The van der Waals surface area contributed by atoms with E-state index in [1.807, 2.05) is 12.1 Å². The largest absolute Gasteiger partial charge is 0.486 e. The minimum Gasteiger partial charge on any atom is -0.486 e. The van der Waals surface area contributed by atoms with Crippen molar-refractivity contribution in [1.29, 1.82) is 0 Å². The van der Waals surface area contributed by atoms with Crippen molar-refractivity contribution >= 4 is 11.0 Å². The number of nitrogens with zero attached hydrogens (tertiary/aromatic N) is 1. The average Bonchev–Trinajstić information content (AvgIpc) is 3.11. The monoisotopic (exact) mass is 274 g/mol. The van der Waals surface area contributed by atoms with Crippen LogP contribution in [0.4, 0.5) is 0 Å². The summed E-state index contributed by atoms with van der Waals surface area (Å²) >= 11 is 0. The second-order valence-electron chi connectivity index (χ2n) is 5.37. The lowest BCUT2D eigenvalue weighted by Gasteiger charge is -2.17. The molecule has 1 saturated heterocycles. The first-order valence-corrected chi connectivity index (χ1v) is 7.28. The predicted molar refractivity (Wildman–Crippen MR) is 74.4 cm³/mol. The van der Waals surface area contributed by atoms with Crippen molar-refractivity contribution in [3.8, 4) is 11.5 Å². The number of H-pyrrole nitrogens is 1. The molecule has 2 aliphatic rings. The molecule has 106 valence electrons. The lowest BCUT2D eigenvalue weighted by molar-refractivity contribution is 0.104. The number of fused-ring (bicyclic) bond motifs is 2. The summed E-state index contributed by atoms with van der Waals surface area (Å²) in [5, 5.41) is 0. The molecule has 3 heterocycles. The van der Waals surface area contributed by atoms with Gasteiger partial charge in [-0.25, -0.2) is 4.98 Å². The van der Waals surface area contributed by atoms with E-state index in [1.54, 1.807) is 0 Å². The summed E-state index contributed by atoms with van der Waals surface area (Å²) in [5.74, 6) is 2.61. The number of hydrogen-bond acceptors (Lipinski definition) is 4. The zero-order chi connectivity index (χ0) is 13.4. The van der Waals surface area contributed by atoms with Crippen molar-refractivity contribution in [3.05, 3.63) is 18.0 Å². The van der Waals surface area contributed by atoms with Gasteiger partial charge in [0.1, 0.15) is 19.0 Å². The van der Waals surface area contributed by atoms with Crippen molar-refractivity contribution in [2.24, 2.45) is 0 Å². The van der Waals surface area contributed by atoms with Gasteiger partial charge in [-0.2, -0.15) is 0 Å². The maximum absolute atomic E-state index is 5.65. The lowest BCUT2D eigenvalue weighted by Crippen LogP contribution is -2.15. The molecule has 4 rings (SSSR count). The molecule has 0 aliphatic carbocycles. The Hall–Kier alpha value is -1.75. The van der Waals surface area contributed by atoms with Crippen LogP contribution in [-0.4, -0.2) is 35.9 Å². The predicted octanol–water partition coefficient (Wildman–Crippen LogP) is 2.45. The second kappa shape index (κ2) is 4.98. The summed E-state index contributed by atoms with van der Waals surface area (Å²) in [7, 11) is 0. The molecular weight excluding hydrogens is 256 g/mol. The standard InChI is InChI=1S/C15H18N2O3/c1-2-10(18-5-1)3-4-15-16-11-8-13-14(9-12(11)17-15)20-7-6-19-13/h8-10H,1-7H2,(H,16,17). The second-order valence-corrected chi connectivity index (χ2v) is 5.37. The van der Waals surface area contributed by atoms with Gasteiger partial charge in [0.25, 0.3) is 0 Å². The summed E-state index contributed by atoms with van der Waals surface area (Å²) < 4.78 is 16.8. The number of aromatic nitrogens is 2. The first-order chi connectivity index (χ1) is 9.88. The zero-order valence-corrected chi connectivity index (χ0v) is 11.4. The van der Waals surface area contributed by atoms with Gasteiger partial charge in [-0.1, -0.05) is 0 Å². The quantitative estimate of drug-likeness (QED) is 0.934. The van der Waals surface area contributed by atoms with Gasteiger partial charge in [0.05, 0.1) is 17.1 Å².